The van der Waals surface area contributed by atoms with Crippen molar-refractivity contribution in [1.82, 2.24) is 15.8 Å². The fourth-order valence-corrected chi connectivity index (χ4v) is 4.42. The summed E-state index contributed by atoms with van der Waals surface area (Å²) in [6.45, 7) is 4.59. The van der Waals surface area contributed by atoms with Crippen LogP contribution in [0.4, 0.5) is 5.69 Å². The Morgan fingerprint density at radius 2 is 1.52 bits per heavy atom. The number of nitrogens with one attached hydrogen (secondary N) is 2. The first-order valence-corrected chi connectivity index (χ1v) is 11.3. The molecule has 0 aromatic heterocycles. The smallest absolute Gasteiger partial charge is 0.239 e. The zero-order chi connectivity index (χ0) is 20.3. The summed E-state index contributed by atoms with van der Waals surface area (Å²) in [6, 6.07) is 10.4. The van der Waals surface area contributed by atoms with Gasteiger partial charge in [-0.1, -0.05) is 50.3 Å². The van der Waals surface area contributed by atoms with E-state index in [-0.39, 0.29) is 11.8 Å². The molecule has 29 heavy (non-hydrogen) atoms. The zero-order valence-electron chi connectivity index (χ0n) is 17.6. The van der Waals surface area contributed by atoms with Crippen LogP contribution in [-0.2, 0) is 9.59 Å². The van der Waals surface area contributed by atoms with Gasteiger partial charge in [0.2, 0.25) is 11.8 Å². The van der Waals surface area contributed by atoms with Crippen molar-refractivity contribution in [1.29, 1.82) is 0 Å². The lowest BCUT2D eigenvalue weighted by atomic mass is 9.86. The van der Waals surface area contributed by atoms with E-state index in [2.05, 4.69) is 44.9 Å². The van der Waals surface area contributed by atoms with Crippen LogP contribution >= 0.6 is 0 Å². The van der Waals surface area contributed by atoms with Gasteiger partial charge in [0, 0.05) is 51.3 Å². The largest absolute Gasteiger partial charge is 0.369 e. The highest BCUT2D eigenvalue weighted by molar-refractivity contribution is 5.81. The maximum atomic E-state index is 12.0. The van der Waals surface area contributed by atoms with Crippen LogP contribution in [0.3, 0.4) is 0 Å². The second kappa shape index (κ2) is 11.8. The lowest BCUT2D eigenvalue weighted by molar-refractivity contribution is -0.129. The standard InChI is InChI=1S/C23H36N4O2/c28-22(13-7-10-20-8-3-1-4-9-20)24-25-23(29)14-15-26-16-18-27(19-17-26)21-11-5-2-6-12-21/h2,5-6,11-12,20H,1,3-4,7-10,13-19H2,(H,24,28)(H,25,29). The molecule has 1 saturated heterocycles. The second-order valence-electron chi connectivity index (χ2n) is 8.41. The van der Waals surface area contributed by atoms with E-state index in [4.69, 9.17) is 0 Å². The third kappa shape index (κ3) is 7.69. The van der Waals surface area contributed by atoms with Crippen molar-refractivity contribution < 1.29 is 9.59 Å². The molecule has 1 aromatic carbocycles. The lowest BCUT2D eigenvalue weighted by Crippen LogP contribution is -2.48. The Morgan fingerprint density at radius 3 is 2.21 bits per heavy atom. The number of amides is 2. The van der Waals surface area contributed by atoms with Crippen LogP contribution in [-0.4, -0.2) is 49.4 Å². The summed E-state index contributed by atoms with van der Waals surface area (Å²) in [5.74, 6) is 0.607. The van der Waals surface area contributed by atoms with Crippen LogP contribution in [0.25, 0.3) is 0 Å². The Morgan fingerprint density at radius 1 is 0.862 bits per heavy atom. The molecule has 3 rings (SSSR count). The number of nitrogens with zero attached hydrogens (tertiary/aromatic N) is 2. The molecule has 2 amide bonds. The highest BCUT2D eigenvalue weighted by Gasteiger charge is 2.18. The quantitative estimate of drug-likeness (QED) is 0.658. The van der Waals surface area contributed by atoms with Crippen LogP contribution < -0.4 is 15.8 Å². The summed E-state index contributed by atoms with van der Waals surface area (Å²) in [6.07, 6.45) is 9.64. The topological polar surface area (TPSA) is 64.7 Å². The minimum Gasteiger partial charge on any atom is -0.369 e. The zero-order valence-corrected chi connectivity index (χ0v) is 17.6. The highest BCUT2D eigenvalue weighted by atomic mass is 16.2. The Kier molecular flexibility index (Phi) is 8.81. The highest BCUT2D eigenvalue weighted by Crippen LogP contribution is 2.27. The normalized spacial score (nSPS) is 18.4. The molecular weight excluding hydrogens is 364 g/mol. The van der Waals surface area contributed by atoms with Crippen LogP contribution in [0.2, 0.25) is 0 Å². The number of anilines is 1. The number of hydrogen-bond acceptors (Lipinski definition) is 4. The molecule has 0 radical (unpaired) electrons. The Balaban J connectivity index is 1.22. The number of carbonyl (C=O) groups excluding carboxylic acids is 2. The third-order valence-corrected chi connectivity index (χ3v) is 6.23. The summed E-state index contributed by atoms with van der Waals surface area (Å²) >= 11 is 0. The van der Waals surface area contributed by atoms with Crippen molar-refractivity contribution in [2.24, 2.45) is 5.92 Å². The van der Waals surface area contributed by atoms with Gasteiger partial charge in [-0.25, -0.2) is 0 Å². The van der Waals surface area contributed by atoms with Crippen molar-refractivity contribution in [3.8, 4) is 0 Å². The molecule has 1 aliphatic heterocycles. The first kappa shape index (κ1) is 21.6. The predicted octanol–water partition coefficient (Wildman–Crippen LogP) is 3.10. The molecule has 0 bridgehead atoms. The van der Waals surface area contributed by atoms with Crippen molar-refractivity contribution in [3.05, 3.63) is 30.3 Å². The molecule has 1 heterocycles. The van der Waals surface area contributed by atoms with Crippen LogP contribution in [0, 0.1) is 5.92 Å². The Labute approximate surface area is 175 Å². The van der Waals surface area contributed by atoms with Crippen molar-refractivity contribution >= 4 is 17.5 Å². The van der Waals surface area contributed by atoms with Gasteiger partial charge in [0.1, 0.15) is 0 Å². The van der Waals surface area contributed by atoms with E-state index in [0.717, 1.165) is 51.5 Å². The summed E-state index contributed by atoms with van der Waals surface area (Å²) < 4.78 is 0. The fraction of sp³-hybridized carbons (Fsp3) is 0.652. The summed E-state index contributed by atoms with van der Waals surface area (Å²) in [5.41, 5.74) is 6.40. The summed E-state index contributed by atoms with van der Waals surface area (Å²) in [5, 5.41) is 0. The molecule has 1 saturated carbocycles. The van der Waals surface area contributed by atoms with E-state index in [9.17, 15) is 9.59 Å². The number of hydrogen-bond donors (Lipinski definition) is 2. The molecule has 0 unspecified atom stereocenters. The maximum Gasteiger partial charge on any atom is 0.239 e. The van der Waals surface area contributed by atoms with Gasteiger partial charge in [0.05, 0.1) is 0 Å². The van der Waals surface area contributed by atoms with Crippen LogP contribution in [0.1, 0.15) is 57.8 Å². The average molecular weight is 401 g/mol. The first-order chi connectivity index (χ1) is 14.2. The van der Waals surface area contributed by atoms with E-state index >= 15 is 0 Å². The van der Waals surface area contributed by atoms with Crippen molar-refractivity contribution in [3.63, 3.8) is 0 Å². The summed E-state index contributed by atoms with van der Waals surface area (Å²) in [4.78, 5) is 28.6. The van der Waals surface area contributed by atoms with Crippen LogP contribution in [0.15, 0.2) is 30.3 Å². The number of piperazine rings is 1. The van der Waals surface area contributed by atoms with Gasteiger partial charge in [-0.15, -0.1) is 0 Å². The molecule has 2 N–H and O–H groups in total. The molecule has 160 valence electrons. The molecular formula is C23H36N4O2. The monoisotopic (exact) mass is 400 g/mol. The van der Waals surface area contributed by atoms with E-state index in [1.807, 2.05) is 6.07 Å². The second-order valence-corrected chi connectivity index (χ2v) is 8.41. The third-order valence-electron chi connectivity index (χ3n) is 6.23. The van der Waals surface area contributed by atoms with Gasteiger partial charge < -0.3 is 4.90 Å². The number of para-hydroxylation sites is 1. The van der Waals surface area contributed by atoms with E-state index in [0.29, 0.717) is 12.8 Å². The summed E-state index contributed by atoms with van der Waals surface area (Å²) in [7, 11) is 0. The minimum atomic E-state index is -0.115. The number of carbonyl (C=O) groups is 2. The fourth-order valence-electron chi connectivity index (χ4n) is 4.42. The van der Waals surface area contributed by atoms with Gasteiger partial charge in [0.15, 0.2) is 0 Å². The van der Waals surface area contributed by atoms with Gasteiger partial charge in [-0.05, 0) is 30.9 Å². The SMILES string of the molecule is O=C(CCCC1CCCCC1)NNC(=O)CCN1CCN(c2ccccc2)CC1. The van der Waals surface area contributed by atoms with Gasteiger partial charge in [0.25, 0.3) is 0 Å². The molecule has 0 spiro atoms. The first-order valence-electron chi connectivity index (χ1n) is 11.3. The van der Waals surface area contributed by atoms with E-state index in [1.54, 1.807) is 0 Å². The minimum absolute atomic E-state index is 0.0781. The Bertz CT molecular complexity index is 623. The molecule has 1 aromatic rings. The molecule has 2 fully saturated rings. The number of rotatable bonds is 8. The number of benzene rings is 1. The Hall–Kier alpha value is -2.08. The van der Waals surface area contributed by atoms with E-state index < -0.39 is 0 Å². The molecule has 2 aliphatic rings. The van der Waals surface area contributed by atoms with Crippen molar-refractivity contribution in [2.75, 3.05) is 37.6 Å². The molecule has 6 heteroatoms. The van der Waals surface area contributed by atoms with Gasteiger partial charge >= 0.3 is 0 Å². The lowest BCUT2D eigenvalue weighted by Gasteiger charge is -2.36. The maximum absolute atomic E-state index is 12.0. The molecule has 6 nitrogen and oxygen atoms in total. The number of hydrazine groups is 1. The van der Waals surface area contributed by atoms with Crippen LogP contribution in [0.5, 0.6) is 0 Å². The van der Waals surface area contributed by atoms with Crippen molar-refractivity contribution in [2.45, 2.75) is 57.8 Å². The van der Waals surface area contributed by atoms with E-state index in [1.165, 1.54) is 37.8 Å². The molecule has 0 atom stereocenters. The van der Waals surface area contributed by atoms with Gasteiger partial charge in [-0.3, -0.25) is 25.3 Å². The predicted molar refractivity (Wildman–Crippen MR) is 116 cm³/mol. The molecule has 1 aliphatic carbocycles. The average Bonchev–Trinajstić information content (AvgIpc) is 2.78. The van der Waals surface area contributed by atoms with Gasteiger partial charge in [-0.2, -0.15) is 0 Å².